The summed E-state index contributed by atoms with van der Waals surface area (Å²) in [5, 5.41) is 3.86. The largest absolute Gasteiger partial charge is 0.493 e. The van der Waals surface area contributed by atoms with E-state index >= 15 is 0 Å². The molecule has 0 saturated heterocycles. The summed E-state index contributed by atoms with van der Waals surface area (Å²) in [6.45, 7) is 1.21. The number of aromatic amines is 1. The van der Waals surface area contributed by atoms with Crippen LogP contribution in [-0.2, 0) is 6.54 Å². The lowest BCUT2D eigenvalue weighted by Crippen LogP contribution is -2.27. The van der Waals surface area contributed by atoms with E-state index in [2.05, 4.69) is 10.3 Å². The molecule has 2 heterocycles. The predicted molar refractivity (Wildman–Crippen MR) is 133 cm³/mol. The van der Waals surface area contributed by atoms with Crippen LogP contribution in [0, 0.1) is 0 Å². The van der Waals surface area contributed by atoms with E-state index in [4.69, 9.17) is 4.74 Å². The number of carbonyl (C=O) groups excluding carboxylic acids is 2. The minimum atomic E-state index is -0.391. The number of nitrogens with one attached hydrogen (secondary N) is 2. The molecular weight excluding hydrogens is 432 g/mol. The number of benzene rings is 2. The predicted octanol–water partition coefficient (Wildman–Crippen LogP) is 3.06. The van der Waals surface area contributed by atoms with Crippen molar-refractivity contribution in [3.8, 4) is 5.75 Å². The molecule has 0 fully saturated rings. The summed E-state index contributed by atoms with van der Waals surface area (Å²) >= 11 is 0. The second kappa shape index (κ2) is 9.93. The number of ketones is 1. The molecule has 0 radical (unpaired) electrons. The highest BCUT2D eigenvalue weighted by atomic mass is 16.5. The number of pyridine rings is 1. The molecule has 8 nitrogen and oxygen atoms in total. The molecule has 34 heavy (non-hydrogen) atoms. The van der Waals surface area contributed by atoms with Crippen molar-refractivity contribution < 1.29 is 14.3 Å². The van der Waals surface area contributed by atoms with Crippen molar-refractivity contribution in [1.29, 1.82) is 0 Å². The lowest BCUT2D eigenvalue weighted by Gasteiger charge is -2.11. The molecule has 0 bridgehead atoms. The number of aromatic nitrogens is 2. The van der Waals surface area contributed by atoms with Crippen LogP contribution in [0.4, 0.5) is 0 Å². The Bertz CT molecular complexity index is 1400. The summed E-state index contributed by atoms with van der Waals surface area (Å²) in [5.74, 6) is -0.348. The number of ether oxygens (including phenoxy) is 1. The van der Waals surface area contributed by atoms with Gasteiger partial charge in [0.15, 0.2) is 11.5 Å². The van der Waals surface area contributed by atoms with Crippen molar-refractivity contribution in [2.75, 3.05) is 34.3 Å². The minimum absolute atomic E-state index is 0.125. The van der Waals surface area contributed by atoms with E-state index in [1.165, 1.54) is 11.7 Å². The zero-order valence-corrected chi connectivity index (χ0v) is 19.6. The van der Waals surface area contributed by atoms with Gasteiger partial charge >= 0.3 is 0 Å². The molecule has 0 aliphatic carbocycles. The van der Waals surface area contributed by atoms with Gasteiger partial charge in [0, 0.05) is 17.5 Å². The van der Waals surface area contributed by atoms with Crippen LogP contribution < -0.4 is 15.6 Å². The van der Waals surface area contributed by atoms with Gasteiger partial charge in [-0.05, 0) is 33.1 Å². The molecule has 0 saturated carbocycles. The first-order valence-electron chi connectivity index (χ1n) is 11.1. The first-order chi connectivity index (χ1) is 16.4. The fraction of sp³-hybridized carbons (Fsp3) is 0.269. The maximum Gasteiger partial charge on any atom is 0.271 e. The first-order valence-corrected chi connectivity index (χ1v) is 11.1. The van der Waals surface area contributed by atoms with E-state index in [-0.39, 0.29) is 35.1 Å². The average Bonchev–Trinajstić information content (AvgIpc) is 3.25. The van der Waals surface area contributed by atoms with Crippen molar-refractivity contribution in [2.24, 2.45) is 0 Å². The molecule has 2 N–H and O–H groups in total. The number of methoxy groups -OCH3 is 1. The summed E-state index contributed by atoms with van der Waals surface area (Å²) in [6.07, 6.45) is 0.790. The van der Waals surface area contributed by atoms with Crippen LogP contribution in [0.3, 0.4) is 0 Å². The fourth-order valence-electron chi connectivity index (χ4n) is 4.12. The second-order valence-corrected chi connectivity index (χ2v) is 8.39. The summed E-state index contributed by atoms with van der Waals surface area (Å²) in [5.41, 5.74) is 1.44. The summed E-state index contributed by atoms with van der Waals surface area (Å²) in [7, 11) is 5.38. The summed E-state index contributed by atoms with van der Waals surface area (Å²) in [4.78, 5) is 44.7. The van der Waals surface area contributed by atoms with Gasteiger partial charge in [-0.2, -0.15) is 0 Å². The Morgan fingerprint density at radius 1 is 1.06 bits per heavy atom. The molecule has 1 amide bonds. The monoisotopic (exact) mass is 460 g/mol. The highest BCUT2D eigenvalue weighted by Crippen LogP contribution is 2.32. The van der Waals surface area contributed by atoms with Crippen LogP contribution in [-0.4, -0.2) is 60.4 Å². The molecule has 0 unspecified atom stereocenters. The molecule has 4 aromatic rings. The van der Waals surface area contributed by atoms with Gasteiger partial charge in [-0.1, -0.05) is 48.5 Å². The van der Waals surface area contributed by atoms with Crippen molar-refractivity contribution in [3.63, 3.8) is 0 Å². The number of Topliss-reactive ketones (excluding diaryl/α,β-unsaturated/α-hetero) is 1. The molecular formula is C26H28N4O4. The van der Waals surface area contributed by atoms with Gasteiger partial charge in [0.05, 0.1) is 24.7 Å². The SMILES string of the molecule is COc1c(C(=O)NCCCN(C)C)[nH]c2c1c(=O)n(CC(=O)c1ccccc1)c1ccccc21. The van der Waals surface area contributed by atoms with Gasteiger partial charge in [-0.15, -0.1) is 0 Å². The number of fused-ring (bicyclic) bond motifs is 3. The molecule has 0 atom stereocenters. The van der Waals surface area contributed by atoms with E-state index in [0.29, 0.717) is 23.1 Å². The normalized spacial score (nSPS) is 11.3. The van der Waals surface area contributed by atoms with Crippen LogP contribution in [0.1, 0.15) is 27.3 Å². The Morgan fingerprint density at radius 2 is 1.76 bits per heavy atom. The van der Waals surface area contributed by atoms with E-state index in [1.807, 2.05) is 43.3 Å². The third-order valence-electron chi connectivity index (χ3n) is 5.77. The lowest BCUT2D eigenvalue weighted by molar-refractivity contribution is 0.0942. The van der Waals surface area contributed by atoms with E-state index < -0.39 is 5.56 Å². The number of hydrogen-bond acceptors (Lipinski definition) is 5. The molecule has 8 heteroatoms. The van der Waals surface area contributed by atoms with Crippen LogP contribution in [0.15, 0.2) is 59.4 Å². The Hall–Kier alpha value is -3.91. The molecule has 176 valence electrons. The summed E-state index contributed by atoms with van der Waals surface area (Å²) in [6, 6.07) is 16.2. The highest BCUT2D eigenvalue weighted by Gasteiger charge is 2.24. The summed E-state index contributed by atoms with van der Waals surface area (Å²) < 4.78 is 6.99. The minimum Gasteiger partial charge on any atom is -0.493 e. The zero-order chi connectivity index (χ0) is 24.2. The maximum absolute atomic E-state index is 13.6. The van der Waals surface area contributed by atoms with Crippen LogP contribution >= 0.6 is 0 Å². The standard InChI is InChI=1S/C26H28N4O4/c1-29(2)15-9-14-27-25(32)23-24(34-3)21-22(28-23)18-12-7-8-13-19(18)30(26(21)33)16-20(31)17-10-5-4-6-11-17/h4-8,10-13,28H,9,14-16H2,1-3H3,(H,27,32). The van der Waals surface area contributed by atoms with Crippen LogP contribution in [0.25, 0.3) is 21.8 Å². The molecule has 2 aromatic carbocycles. The highest BCUT2D eigenvalue weighted by molar-refractivity contribution is 6.11. The van der Waals surface area contributed by atoms with E-state index in [0.717, 1.165) is 18.4 Å². The Kier molecular flexibility index (Phi) is 6.79. The van der Waals surface area contributed by atoms with Gasteiger partial charge in [0.1, 0.15) is 11.1 Å². The number of para-hydroxylation sites is 1. The van der Waals surface area contributed by atoms with Crippen molar-refractivity contribution in [2.45, 2.75) is 13.0 Å². The Balaban J connectivity index is 1.80. The average molecular weight is 461 g/mol. The third-order valence-corrected chi connectivity index (χ3v) is 5.77. The van der Waals surface area contributed by atoms with E-state index in [1.54, 1.807) is 30.3 Å². The van der Waals surface area contributed by atoms with Gasteiger partial charge < -0.3 is 19.9 Å². The molecule has 0 aliphatic heterocycles. The number of carbonyl (C=O) groups is 2. The van der Waals surface area contributed by atoms with Crippen molar-refractivity contribution in [3.05, 3.63) is 76.2 Å². The van der Waals surface area contributed by atoms with Crippen LogP contribution in [0.2, 0.25) is 0 Å². The molecule has 4 rings (SSSR count). The van der Waals surface area contributed by atoms with Crippen molar-refractivity contribution >= 4 is 33.5 Å². The van der Waals surface area contributed by atoms with Gasteiger partial charge in [-0.25, -0.2) is 0 Å². The topological polar surface area (TPSA) is 96.4 Å². The quantitative estimate of drug-likeness (QED) is 0.296. The van der Waals surface area contributed by atoms with Gasteiger partial charge in [0.25, 0.3) is 11.5 Å². The maximum atomic E-state index is 13.6. The van der Waals surface area contributed by atoms with Crippen LogP contribution in [0.5, 0.6) is 5.75 Å². The first kappa shape index (κ1) is 23.3. The molecule has 2 aromatic heterocycles. The number of H-pyrrole nitrogens is 1. The molecule has 0 aliphatic rings. The lowest BCUT2D eigenvalue weighted by atomic mass is 10.1. The zero-order valence-electron chi connectivity index (χ0n) is 19.6. The Labute approximate surface area is 197 Å². The number of amides is 1. The smallest absolute Gasteiger partial charge is 0.271 e. The Morgan fingerprint density at radius 3 is 2.47 bits per heavy atom. The van der Waals surface area contributed by atoms with E-state index in [9.17, 15) is 14.4 Å². The number of nitrogens with zero attached hydrogens (tertiary/aromatic N) is 2. The van der Waals surface area contributed by atoms with Crippen molar-refractivity contribution in [1.82, 2.24) is 19.8 Å². The number of hydrogen-bond donors (Lipinski definition) is 2. The molecule has 0 spiro atoms. The van der Waals surface area contributed by atoms with Gasteiger partial charge in [-0.3, -0.25) is 19.0 Å². The second-order valence-electron chi connectivity index (χ2n) is 8.39. The third kappa shape index (κ3) is 4.45. The number of rotatable bonds is 9. The van der Waals surface area contributed by atoms with Gasteiger partial charge in [0.2, 0.25) is 0 Å². The fourth-order valence-corrected chi connectivity index (χ4v) is 4.12.